The molecule has 0 aromatic carbocycles. The van der Waals surface area contributed by atoms with Gasteiger partial charge in [0.05, 0.1) is 14.2 Å². The molecule has 0 atom stereocenters. The molecule has 0 aliphatic heterocycles. The summed E-state index contributed by atoms with van der Waals surface area (Å²) in [5.74, 6) is 0.184. The minimum absolute atomic E-state index is 0.0868. The first kappa shape index (κ1) is 10.3. The van der Waals surface area contributed by atoms with Crippen LogP contribution in [0, 0.1) is 0 Å². The lowest BCUT2D eigenvalue weighted by molar-refractivity contribution is 0.104. The maximum Gasteiger partial charge on any atom is 0.206 e. The Morgan fingerprint density at radius 1 is 1.40 bits per heavy atom. The van der Waals surface area contributed by atoms with Crippen molar-refractivity contribution >= 4 is 38.9 Å². The molecule has 0 aliphatic carbocycles. The highest BCUT2D eigenvalue weighted by Gasteiger charge is 2.14. The van der Waals surface area contributed by atoms with E-state index in [-0.39, 0.29) is 11.6 Å². The fraction of sp³-hybridized carbons (Fsp3) is 0. The molecule has 2 N–H and O–H groups in total. The summed E-state index contributed by atoms with van der Waals surface area (Å²) in [6.07, 6.45) is 1.57. The zero-order chi connectivity index (χ0) is 10.8. The lowest BCUT2D eigenvalue weighted by Crippen LogP contribution is -2.04. The van der Waals surface area contributed by atoms with Gasteiger partial charge in [-0.15, -0.1) is 11.3 Å². The normalized spacial score (nSPS) is 10.2. The minimum Gasteiger partial charge on any atom is -0.383 e. The number of nitrogen functional groups attached to an aromatic ring is 1. The number of hydrogen-bond donors (Lipinski definition) is 1. The Bertz CT molecular complexity index is 510. The van der Waals surface area contributed by atoms with Crippen LogP contribution < -0.4 is 5.73 Å². The monoisotopic (exact) mass is 282 g/mol. The Morgan fingerprint density at radius 3 is 2.80 bits per heavy atom. The highest BCUT2D eigenvalue weighted by atomic mass is 79.9. The molecule has 2 aromatic heterocycles. The number of carbonyl (C=O) groups is 1. The first-order valence-electron chi connectivity index (χ1n) is 4.19. The Balaban J connectivity index is 2.41. The second-order valence-corrected chi connectivity index (χ2v) is 5.33. The summed E-state index contributed by atoms with van der Waals surface area (Å²) >= 11 is 4.69. The van der Waals surface area contributed by atoms with E-state index in [1.165, 1.54) is 11.3 Å². The summed E-state index contributed by atoms with van der Waals surface area (Å²) in [5, 5.41) is 0. The van der Waals surface area contributed by atoms with Gasteiger partial charge in [0.1, 0.15) is 5.82 Å². The summed E-state index contributed by atoms with van der Waals surface area (Å²) in [6, 6.07) is 6.98. The van der Waals surface area contributed by atoms with Crippen LogP contribution in [-0.2, 0) is 0 Å². The summed E-state index contributed by atoms with van der Waals surface area (Å²) in [7, 11) is 0. The maximum atomic E-state index is 12.0. The van der Waals surface area contributed by atoms with Crippen molar-refractivity contribution in [3.8, 4) is 0 Å². The van der Waals surface area contributed by atoms with Crippen molar-refractivity contribution in [1.29, 1.82) is 0 Å². The van der Waals surface area contributed by atoms with E-state index in [2.05, 4.69) is 20.9 Å². The molecule has 0 fully saturated rings. The zero-order valence-corrected chi connectivity index (χ0v) is 10.0. The fourth-order valence-electron chi connectivity index (χ4n) is 1.18. The van der Waals surface area contributed by atoms with Crippen molar-refractivity contribution in [2.45, 2.75) is 0 Å². The van der Waals surface area contributed by atoms with Crippen LogP contribution in [-0.4, -0.2) is 10.8 Å². The number of carbonyl (C=O) groups excluding carboxylic acids is 1. The van der Waals surface area contributed by atoms with Crippen LogP contribution >= 0.6 is 27.3 Å². The van der Waals surface area contributed by atoms with Crippen molar-refractivity contribution in [2.75, 3.05) is 5.73 Å². The van der Waals surface area contributed by atoms with E-state index in [4.69, 9.17) is 5.73 Å². The van der Waals surface area contributed by atoms with E-state index < -0.39 is 0 Å². The number of nitrogens with zero attached hydrogens (tertiary/aromatic N) is 1. The van der Waals surface area contributed by atoms with Gasteiger partial charge in [-0.3, -0.25) is 4.79 Å². The highest BCUT2D eigenvalue weighted by Crippen LogP contribution is 2.25. The molecule has 2 rings (SSSR count). The number of aromatic nitrogens is 1. The van der Waals surface area contributed by atoms with Gasteiger partial charge in [0, 0.05) is 6.20 Å². The van der Waals surface area contributed by atoms with E-state index in [0.29, 0.717) is 10.4 Å². The van der Waals surface area contributed by atoms with Crippen molar-refractivity contribution in [3.05, 3.63) is 44.7 Å². The molecule has 0 aliphatic rings. The third kappa shape index (κ3) is 2.08. The summed E-state index contributed by atoms with van der Waals surface area (Å²) < 4.78 is 0.924. The Labute approximate surface area is 99.1 Å². The van der Waals surface area contributed by atoms with E-state index in [0.717, 1.165) is 3.79 Å². The van der Waals surface area contributed by atoms with Crippen LogP contribution in [0.1, 0.15) is 15.2 Å². The van der Waals surface area contributed by atoms with Crippen LogP contribution in [0.3, 0.4) is 0 Å². The molecular formula is C10H7BrN2OS. The summed E-state index contributed by atoms with van der Waals surface area (Å²) in [4.78, 5) is 16.5. The van der Waals surface area contributed by atoms with Crippen molar-refractivity contribution in [1.82, 2.24) is 4.98 Å². The van der Waals surface area contributed by atoms with Gasteiger partial charge in [-0.2, -0.15) is 0 Å². The number of nitrogens with two attached hydrogens (primary N) is 1. The van der Waals surface area contributed by atoms with Crippen LogP contribution in [0.5, 0.6) is 0 Å². The predicted molar refractivity (Wildman–Crippen MR) is 64.1 cm³/mol. The topological polar surface area (TPSA) is 56.0 Å². The average molecular weight is 283 g/mol. The molecule has 5 heteroatoms. The molecule has 0 radical (unpaired) electrons. The largest absolute Gasteiger partial charge is 0.383 e. The Morgan fingerprint density at radius 2 is 2.20 bits per heavy atom. The molecule has 0 amide bonds. The molecule has 0 saturated heterocycles. The Hall–Kier alpha value is -1.20. The molecule has 2 aromatic rings. The van der Waals surface area contributed by atoms with Gasteiger partial charge < -0.3 is 5.73 Å². The van der Waals surface area contributed by atoms with E-state index >= 15 is 0 Å². The highest BCUT2D eigenvalue weighted by molar-refractivity contribution is 9.11. The SMILES string of the molecule is Nc1ncccc1C(=O)c1ccc(Br)s1. The van der Waals surface area contributed by atoms with Crippen molar-refractivity contribution in [2.24, 2.45) is 0 Å². The van der Waals surface area contributed by atoms with Crippen LogP contribution in [0.2, 0.25) is 0 Å². The quantitative estimate of drug-likeness (QED) is 0.862. The van der Waals surface area contributed by atoms with Crippen molar-refractivity contribution < 1.29 is 4.79 Å². The number of pyridine rings is 1. The van der Waals surface area contributed by atoms with Crippen LogP contribution in [0.15, 0.2) is 34.2 Å². The maximum absolute atomic E-state index is 12.0. The molecule has 0 unspecified atom stereocenters. The molecule has 15 heavy (non-hydrogen) atoms. The third-order valence-corrected chi connectivity index (χ3v) is 3.50. The minimum atomic E-state index is -0.0868. The Kier molecular flexibility index (Phi) is 2.83. The smallest absolute Gasteiger partial charge is 0.206 e. The predicted octanol–water partition coefficient (Wildman–Crippen LogP) is 2.72. The number of ketones is 1. The number of rotatable bonds is 2. The lowest BCUT2D eigenvalue weighted by atomic mass is 10.1. The van der Waals surface area contributed by atoms with E-state index in [1.807, 2.05) is 6.07 Å². The fourth-order valence-corrected chi connectivity index (χ4v) is 2.52. The van der Waals surface area contributed by atoms with Crippen molar-refractivity contribution in [3.63, 3.8) is 0 Å². The van der Waals surface area contributed by atoms with E-state index in [9.17, 15) is 4.79 Å². The second kappa shape index (κ2) is 4.12. The number of anilines is 1. The molecule has 0 bridgehead atoms. The molecule has 0 spiro atoms. The van der Waals surface area contributed by atoms with Gasteiger partial charge in [0.15, 0.2) is 0 Å². The van der Waals surface area contributed by atoms with Gasteiger partial charge in [0.25, 0.3) is 0 Å². The number of thiophene rings is 1. The average Bonchev–Trinajstić information content (AvgIpc) is 2.65. The van der Waals surface area contributed by atoms with Gasteiger partial charge in [-0.05, 0) is 40.2 Å². The van der Waals surface area contributed by atoms with Gasteiger partial charge >= 0.3 is 0 Å². The molecule has 76 valence electrons. The van der Waals surface area contributed by atoms with E-state index in [1.54, 1.807) is 24.4 Å². The number of hydrogen-bond acceptors (Lipinski definition) is 4. The molecule has 2 heterocycles. The third-order valence-electron chi connectivity index (χ3n) is 1.88. The molecule has 3 nitrogen and oxygen atoms in total. The standard InChI is InChI=1S/C10H7BrN2OS/c11-8-4-3-7(15-8)9(14)6-2-1-5-13-10(6)12/h1-5H,(H2,12,13). The molecule has 0 saturated carbocycles. The number of halogens is 1. The van der Waals surface area contributed by atoms with Gasteiger partial charge in [0.2, 0.25) is 5.78 Å². The lowest BCUT2D eigenvalue weighted by Gasteiger charge is -2.00. The molecular weight excluding hydrogens is 276 g/mol. The summed E-state index contributed by atoms with van der Waals surface area (Å²) in [6.45, 7) is 0. The first-order chi connectivity index (χ1) is 7.18. The van der Waals surface area contributed by atoms with Crippen LogP contribution in [0.4, 0.5) is 5.82 Å². The summed E-state index contributed by atoms with van der Waals surface area (Å²) in [5.41, 5.74) is 6.08. The van der Waals surface area contributed by atoms with Gasteiger partial charge in [-0.1, -0.05) is 0 Å². The van der Waals surface area contributed by atoms with Crippen LogP contribution in [0.25, 0.3) is 0 Å². The second-order valence-electron chi connectivity index (χ2n) is 2.87. The zero-order valence-electron chi connectivity index (χ0n) is 7.61. The van der Waals surface area contributed by atoms with Gasteiger partial charge in [-0.25, -0.2) is 4.98 Å². The first-order valence-corrected chi connectivity index (χ1v) is 5.80.